The average Bonchev–Trinajstić information content (AvgIpc) is 3.04. The van der Waals surface area contributed by atoms with Gasteiger partial charge in [-0.2, -0.15) is 0 Å². The SMILES string of the molecule is CNC(=O)c1ccc(NC(c2cccs2)C(C)(C)C)c([N+](=O)[O-])c1. The molecule has 0 fully saturated rings. The van der Waals surface area contributed by atoms with Crippen LogP contribution in [0.15, 0.2) is 35.7 Å². The highest BCUT2D eigenvalue weighted by Gasteiger charge is 2.29. The molecule has 0 aliphatic rings. The van der Waals surface area contributed by atoms with Crippen LogP contribution in [0.1, 0.15) is 42.0 Å². The number of hydrogen-bond donors (Lipinski definition) is 2. The van der Waals surface area contributed by atoms with Crippen molar-refractivity contribution in [3.05, 3.63) is 56.3 Å². The quantitative estimate of drug-likeness (QED) is 0.626. The number of nitrogens with one attached hydrogen (secondary N) is 2. The lowest BCUT2D eigenvalue weighted by Crippen LogP contribution is -2.25. The highest BCUT2D eigenvalue weighted by molar-refractivity contribution is 7.10. The number of thiophene rings is 1. The first-order chi connectivity index (χ1) is 11.2. The first-order valence-electron chi connectivity index (χ1n) is 7.54. The summed E-state index contributed by atoms with van der Waals surface area (Å²) in [7, 11) is 1.49. The maximum Gasteiger partial charge on any atom is 0.293 e. The number of amides is 1. The van der Waals surface area contributed by atoms with Crippen LogP contribution in [-0.4, -0.2) is 17.9 Å². The van der Waals surface area contributed by atoms with E-state index >= 15 is 0 Å². The third-order valence-corrected chi connectivity index (χ3v) is 4.61. The van der Waals surface area contributed by atoms with E-state index in [-0.39, 0.29) is 28.6 Å². The second-order valence-electron chi connectivity index (χ2n) is 6.53. The first kappa shape index (κ1) is 17.9. The summed E-state index contributed by atoms with van der Waals surface area (Å²) < 4.78 is 0. The van der Waals surface area contributed by atoms with Gasteiger partial charge in [-0.05, 0) is 29.0 Å². The zero-order valence-electron chi connectivity index (χ0n) is 14.1. The number of anilines is 1. The van der Waals surface area contributed by atoms with E-state index < -0.39 is 4.92 Å². The van der Waals surface area contributed by atoms with Gasteiger partial charge < -0.3 is 10.6 Å². The van der Waals surface area contributed by atoms with Crippen molar-refractivity contribution in [3.8, 4) is 0 Å². The molecule has 1 aromatic carbocycles. The molecule has 2 aromatic rings. The van der Waals surface area contributed by atoms with Gasteiger partial charge in [-0.1, -0.05) is 26.8 Å². The number of carbonyl (C=O) groups excluding carboxylic acids is 1. The van der Waals surface area contributed by atoms with Gasteiger partial charge in [-0.3, -0.25) is 14.9 Å². The zero-order chi connectivity index (χ0) is 17.9. The topological polar surface area (TPSA) is 84.3 Å². The van der Waals surface area contributed by atoms with E-state index in [1.165, 1.54) is 13.1 Å². The number of nitro groups is 1. The van der Waals surface area contributed by atoms with Gasteiger partial charge in [0.05, 0.1) is 11.0 Å². The van der Waals surface area contributed by atoms with Gasteiger partial charge in [0.15, 0.2) is 0 Å². The van der Waals surface area contributed by atoms with Crippen LogP contribution < -0.4 is 10.6 Å². The minimum absolute atomic E-state index is 0.0814. The molecule has 0 saturated heterocycles. The lowest BCUT2D eigenvalue weighted by Gasteiger charge is -2.31. The van der Waals surface area contributed by atoms with Gasteiger partial charge in [0.2, 0.25) is 0 Å². The average molecular weight is 347 g/mol. The summed E-state index contributed by atoms with van der Waals surface area (Å²) in [6, 6.07) is 8.37. The standard InChI is InChI=1S/C17H21N3O3S/c1-17(2,3)15(14-6-5-9-24-14)19-12-8-7-11(16(21)18-4)10-13(12)20(22)23/h5-10,15,19H,1-4H3,(H,18,21). The zero-order valence-corrected chi connectivity index (χ0v) is 14.9. The Hall–Kier alpha value is -2.41. The second-order valence-corrected chi connectivity index (χ2v) is 7.51. The van der Waals surface area contributed by atoms with E-state index in [2.05, 4.69) is 31.4 Å². The van der Waals surface area contributed by atoms with Crippen LogP contribution in [0.3, 0.4) is 0 Å². The number of benzene rings is 1. The number of carbonyl (C=O) groups is 1. The fraction of sp³-hybridized carbons (Fsp3) is 0.353. The summed E-state index contributed by atoms with van der Waals surface area (Å²) in [4.78, 5) is 23.8. The Morgan fingerprint density at radius 2 is 2.00 bits per heavy atom. The Kier molecular flexibility index (Phi) is 5.23. The molecule has 0 spiro atoms. The minimum atomic E-state index is -0.469. The van der Waals surface area contributed by atoms with E-state index in [1.807, 2.05) is 17.5 Å². The van der Waals surface area contributed by atoms with Crippen LogP contribution in [0.5, 0.6) is 0 Å². The largest absolute Gasteiger partial charge is 0.371 e. The van der Waals surface area contributed by atoms with Gasteiger partial charge >= 0.3 is 0 Å². The third kappa shape index (κ3) is 3.91. The first-order valence-corrected chi connectivity index (χ1v) is 8.42. The van der Waals surface area contributed by atoms with Crippen molar-refractivity contribution < 1.29 is 9.72 Å². The van der Waals surface area contributed by atoms with E-state index in [9.17, 15) is 14.9 Å². The molecule has 0 aliphatic carbocycles. The van der Waals surface area contributed by atoms with Gasteiger partial charge in [-0.25, -0.2) is 0 Å². The molecule has 2 N–H and O–H groups in total. The van der Waals surface area contributed by atoms with Crippen molar-refractivity contribution in [2.24, 2.45) is 5.41 Å². The lowest BCUT2D eigenvalue weighted by molar-refractivity contribution is -0.384. The molecule has 1 heterocycles. The van der Waals surface area contributed by atoms with E-state index in [4.69, 9.17) is 0 Å². The van der Waals surface area contributed by atoms with E-state index in [1.54, 1.807) is 23.5 Å². The fourth-order valence-electron chi connectivity index (χ4n) is 2.42. The van der Waals surface area contributed by atoms with Crippen LogP contribution in [0.25, 0.3) is 0 Å². The molecule has 2 rings (SSSR count). The normalized spacial score (nSPS) is 12.5. The Bertz CT molecular complexity index is 736. The Labute approximate surface area is 145 Å². The van der Waals surface area contributed by atoms with Gasteiger partial charge in [0.1, 0.15) is 5.69 Å². The molecular weight excluding hydrogens is 326 g/mol. The minimum Gasteiger partial charge on any atom is -0.371 e. The van der Waals surface area contributed by atoms with Gasteiger partial charge in [0.25, 0.3) is 11.6 Å². The monoisotopic (exact) mass is 347 g/mol. The van der Waals surface area contributed by atoms with Gasteiger partial charge in [-0.15, -0.1) is 11.3 Å². The number of nitrogens with zero attached hydrogens (tertiary/aromatic N) is 1. The highest BCUT2D eigenvalue weighted by atomic mass is 32.1. The van der Waals surface area contributed by atoms with E-state index in [0.29, 0.717) is 5.69 Å². The van der Waals surface area contributed by atoms with Crippen molar-refractivity contribution in [1.29, 1.82) is 0 Å². The second kappa shape index (κ2) is 7.00. The Morgan fingerprint density at radius 1 is 1.29 bits per heavy atom. The number of hydrogen-bond acceptors (Lipinski definition) is 5. The van der Waals surface area contributed by atoms with Crippen molar-refractivity contribution in [1.82, 2.24) is 5.32 Å². The molecule has 0 aliphatic heterocycles. The highest BCUT2D eigenvalue weighted by Crippen LogP contribution is 2.40. The van der Waals surface area contributed by atoms with Crippen LogP contribution in [0.2, 0.25) is 0 Å². The molecule has 1 amide bonds. The predicted molar refractivity (Wildman–Crippen MR) is 96.6 cm³/mol. The molecule has 1 unspecified atom stereocenters. The molecule has 128 valence electrons. The molecule has 0 saturated carbocycles. The maximum absolute atomic E-state index is 11.7. The van der Waals surface area contributed by atoms with Crippen LogP contribution in [0, 0.1) is 15.5 Å². The molecule has 6 nitrogen and oxygen atoms in total. The molecule has 7 heteroatoms. The summed E-state index contributed by atoms with van der Waals surface area (Å²) in [5, 5.41) is 19.2. The summed E-state index contributed by atoms with van der Waals surface area (Å²) in [6.45, 7) is 6.24. The maximum atomic E-state index is 11.7. The Balaban J connectivity index is 2.43. The van der Waals surface area contributed by atoms with Crippen LogP contribution in [-0.2, 0) is 0 Å². The van der Waals surface area contributed by atoms with Crippen molar-refractivity contribution in [3.63, 3.8) is 0 Å². The lowest BCUT2D eigenvalue weighted by atomic mass is 9.85. The summed E-state index contributed by atoms with van der Waals surface area (Å²) >= 11 is 1.61. The van der Waals surface area contributed by atoms with Crippen LogP contribution in [0.4, 0.5) is 11.4 Å². The number of nitro benzene ring substituents is 1. The molecule has 24 heavy (non-hydrogen) atoms. The smallest absolute Gasteiger partial charge is 0.293 e. The fourth-order valence-corrected chi connectivity index (χ4v) is 3.44. The molecule has 0 radical (unpaired) electrons. The molecule has 1 atom stereocenters. The van der Waals surface area contributed by atoms with Gasteiger partial charge in [0, 0.05) is 23.6 Å². The predicted octanol–water partition coefficient (Wildman–Crippen LogP) is 4.22. The summed E-state index contributed by atoms with van der Waals surface area (Å²) in [5.41, 5.74) is 0.416. The van der Waals surface area contributed by atoms with Crippen LogP contribution >= 0.6 is 11.3 Å². The molecule has 1 aromatic heterocycles. The number of rotatable bonds is 5. The Morgan fingerprint density at radius 3 is 2.50 bits per heavy atom. The molecule has 0 bridgehead atoms. The van der Waals surface area contributed by atoms with Crippen molar-refractivity contribution in [2.75, 3.05) is 12.4 Å². The summed E-state index contributed by atoms with van der Waals surface area (Å²) in [6.07, 6.45) is 0. The molecular formula is C17H21N3O3S. The van der Waals surface area contributed by atoms with E-state index in [0.717, 1.165) is 4.88 Å². The summed E-state index contributed by atoms with van der Waals surface area (Å²) in [5.74, 6) is -0.352. The van der Waals surface area contributed by atoms with Crippen molar-refractivity contribution >= 4 is 28.6 Å². The third-order valence-electron chi connectivity index (χ3n) is 3.68. The van der Waals surface area contributed by atoms with Crippen molar-refractivity contribution in [2.45, 2.75) is 26.8 Å².